The number of hydrogen-bond acceptors (Lipinski definition) is 5. The molecule has 1 aromatic heterocycles. The van der Waals surface area contributed by atoms with E-state index in [-0.39, 0.29) is 12.3 Å². The van der Waals surface area contributed by atoms with Crippen molar-refractivity contribution < 1.29 is 10.0 Å². The smallest absolute Gasteiger partial charge is 0.280 e. The van der Waals surface area contributed by atoms with Crippen molar-refractivity contribution in [3.63, 3.8) is 0 Å². The van der Waals surface area contributed by atoms with Gasteiger partial charge in [-0.05, 0) is 24.1 Å². The van der Waals surface area contributed by atoms with E-state index in [1.165, 1.54) is 6.07 Å². The van der Waals surface area contributed by atoms with Crippen LogP contribution in [0, 0.1) is 10.1 Å². The molecule has 24 heavy (non-hydrogen) atoms. The summed E-state index contributed by atoms with van der Waals surface area (Å²) < 4.78 is 0. The van der Waals surface area contributed by atoms with Crippen molar-refractivity contribution in [2.75, 3.05) is 18.5 Å². The summed E-state index contributed by atoms with van der Waals surface area (Å²) in [5.41, 5.74) is 2.83. The number of hydrogen-bond donors (Lipinski definition) is 2. The zero-order chi connectivity index (χ0) is 17.1. The monoisotopic (exact) mass is 323 g/mol. The number of nitro benzene ring substituents is 1. The maximum Gasteiger partial charge on any atom is 0.280 e. The molecule has 6 nitrogen and oxygen atoms in total. The average molecular weight is 323 g/mol. The fraction of sp³-hybridized carbons (Fsp3) is 0.167. The molecule has 3 aromatic rings. The number of nitro groups is 1. The van der Waals surface area contributed by atoms with E-state index in [1.807, 2.05) is 24.3 Å². The van der Waals surface area contributed by atoms with Gasteiger partial charge in [0, 0.05) is 18.0 Å². The number of aliphatic hydroxyl groups is 1. The standard InChI is InChI=1S/C18H17N3O3/c1-2-5-12-8-9-15(21(23)24)16-17(12)20-14-7-4-3-6-13(14)18(16)19-10-11-22/h2-4,6-9,22H,1,5,10-11H2,(H,19,20). The van der Waals surface area contributed by atoms with Crippen LogP contribution in [0.3, 0.4) is 0 Å². The van der Waals surface area contributed by atoms with Gasteiger partial charge in [-0.3, -0.25) is 10.1 Å². The molecule has 0 unspecified atom stereocenters. The molecular formula is C18H17N3O3. The molecule has 0 fully saturated rings. The molecule has 0 bridgehead atoms. The summed E-state index contributed by atoms with van der Waals surface area (Å²) in [4.78, 5) is 15.8. The van der Waals surface area contributed by atoms with Gasteiger partial charge in [-0.1, -0.05) is 24.3 Å². The Morgan fingerprint density at radius 2 is 2.08 bits per heavy atom. The lowest BCUT2D eigenvalue weighted by molar-refractivity contribution is -0.383. The van der Waals surface area contributed by atoms with Crippen LogP contribution in [-0.2, 0) is 6.42 Å². The Hall–Kier alpha value is -2.99. The highest BCUT2D eigenvalue weighted by Crippen LogP contribution is 2.38. The van der Waals surface area contributed by atoms with Gasteiger partial charge in [-0.2, -0.15) is 0 Å². The van der Waals surface area contributed by atoms with E-state index in [2.05, 4.69) is 16.9 Å². The Bertz CT molecular complexity index is 938. The number of benzene rings is 2. The molecule has 2 N–H and O–H groups in total. The number of non-ortho nitro benzene ring substituents is 1. The van der Waals surface area contributed by atoms with E-state index in [0.29, 0.717) is 29.6 Å². The van der Waals surface area contributed by atoms with Gasteiger partial charge in [0.1, 0.15) is 5.39 Å². The molecule has 1 heterocycles. The molecule has 3 rings (SSSR count). The maximum atomic E-state index is 11.5. The van der Waals surface area contributed by atoms with Crippen LogP contribution in [-0.4, -0.2) is 28.2 Å². The van der Waals surface area contributed by atoms with Gasteiger partial charge >= 0.3 is 0 Å². The molecule has 0 atom stereocenters. The van der Waals surface area contributed by atoms with E-state index in [9.17, 15) is 10.1 Å². The van der Waals surface area contributed by atoms with E-state index >= 15 is 0 Å². The second kappa shape index (κ2) is 6.64. The SMILES string of the molecule is C=CCc1ccc([N+](=O)[O-])c2c(NCCO)c3ccccc3nc12. The number of para-hydroxylation sites is 1. The lowest BCUT2D eigenvalue weighted by Crippen LogP contribution is -2.08. The van der Waals surface area contributed by atoms with Crippen LogP contribution in [0.4, 0.5) is 11.4 Å². The van der Waals surface area contributed by atoms with Gasteiger partial charge in [0.25, 0.3) is 5.69 Å². The van der Waals surface area contributed by atoms with E-state index in [1.54, 1.807) is 12.1 Å². The number of nitrogens with zero attached hydrogens (tertiary/aromatic N) is 2. The second-order valence-corrected chi connectivity index (χ2v) is 5.37. The average Bonchev–Trinajstić information content (AvgIpc) is 2.59. The molecule has 0 aliphatic rings. The quantitative estimate of drug-likeness (QED) is 0.314. The summed E-state index contributed by atoms with van der Waals surface area (Å²) in [7, 11) is 0. The van der Waals surface area contributed by atoms with Gasteiger partial charge in [0.2, 0.25) is 0 Å². The molecule has 0 saturated carbocycles. The Kier molecular flexibility index (Phi) is 4.39. The Morgan fingerprint density at radius 1 is 1.29 bits per heavy atom. The van der Waals surface area contributed by atoms with E-state index in [0.717, 1.165) is 16.5 Å². The topological polar surface area (TPSA) is 88.3 Å². The van der Waals surface area contributed by atoms with Crippen LogP contribution in [0.1, 0.15) is 5.56 Å². The van der Waals surface area contributed by atoms with E-state index in [4.69, 9.17) is 5.11 Å². The number of nitrogens with one attached hydrogen (secondary N) is 1. The minimum Gasteiger partial charge on any atom is -0.395 e. The van der Waals surface area contributed by atoms with Gasteiger partial charge < -0.3 is 10.4 Å². The fourth-order valence-corrected chi connectivity index (χ4v) is 2.87. The Balaban J connectivity index is 2.47. The largest absolute Gasteiger partial charge is 0.395 e. The predicted molar refractivity (Wildman–Crippen MR) is 95.4 cm³/mol. The van der Waals surface area contributed by atoms with Crippen molar-refractivity contribution in [1.82, 2.24) is 4.98 Å². The zero-order valence-electron chi connectivity index (χ0n) is 13.0. The first-order valence-electron chi connectivity index (χ1n) is 7.61. The van der Waals surface area contributed by atoms with Crippen LogP contribution in [0.15, 0.2) is 49.1 Å². The summed E-state index contributed by atoms with van der Waals surface area (Å²) in [5, 5.41) is 25.1. The molecule has 0 aliphatic carbocycles. The minimum atomic E-state index is -0.402. The van der Waals surface area contributed by atoms with Gasteiger partial charge in [-0.15, -0.1) is 6.58 Å². The number of allylic oxidation sites excluding steroid dienone is 1. The number of aliphatic hydroxyl groups excluding tert-OH is 1. The molecule has 0 radical (unpaired) electrons. The number of pyridine rings is 1. The zero-order valence-corrected chi connectivity index (χ0v) is 13.0. The Labute approximate surface area is 138 Å². The van der Waals surface area contributed by atoms with Crippen LogP contribution in [0.2, 0.25) is 0 Å². The maximum absolute atomic E-state index is 11.5. The number of aromatic nitrogens is 1. The fourth-order valence-electron chi connectivity index (χ4n) is 2.87. The van der Waals surface area contributed by atoms with Crippen LogP contribution < -0.4 is 5.32 Å². The summed E-state index contributed by atoms with van der Waals surface area (Å²) in [6.07, 6.45) is 2.32. The number of rotatable bonds is 6. The van der Waals surface area contributed by atoms with Crippen LogP contribution >= 0.6 is 0 Å². The van der Waals surface area contributed by atoms with Gasteiger partial charge in [0.15, 0.2) is 0 Å². The minimum absolute atomic E-state index is 0.00324. The van der Waals surface area contributed by atoms with Crippen molar-refractivity contribution in [2.45, 2.75) is 6.42 Å². The second-order valence-electron chi connectivity index (χ2n) is 5.37. The Morgan fingerprint density at radius 3 is 2.79 bits per heavy atom. The first-order chi connectivity index (χ1) is 11.7. The summed E-state index contributed by atoms with van der Waals surface area (Å²) in [5.74, 6) is 0. The van der Waals surface area contributed by atoms with Gasteiger partial charge in [-0.25, -0.2) is 4.98 Å². The van der Waals surface area contributed by atoms with Crippen LogP contribution in [0.25, 0.3) is 21.8 Å². The molecule has 0 saturated heterocycles. The van der Waals surface area contributed by atoms with Crippen molar-refractivity contribution in [1.29, 1.82) is 0 Å². The molecule has 0 amide bonds. The molecule has 122 valence electrons. The number of anilines is 1. The van der Waals surface area contributed by atoms with Crippen molar-refractivity contribution in [3.8, 4) is 0 Å². The molecule has 6 heteroatoms. The van der Waals surface area contributed by atoms with Crippen molar-refractivity contribution >= 4 is 33.2 Å². The lowest BCUT2D eigenvalue weighted by atomic mass is 10.0. The lowest BCUT2D eigenvalue weighted by Gasteiger charge is -2.14. The van der Waals surface area contributed by atoms with Crippen LogP contribution in [0.5, 0.6) is 0 Å². The number of fused-ring (bicyclic) bond motifs is 2. The van der Waals surface area contributed by atoms with Gasteiger partial charge in [0.05, 0.1) is 28.3 Å². The molecule has 2 aromatic carbocycles. The molecular weight excluding hydrogens is 306 g/mol. The van der Waals surface area contributed by atoms with Crippen molar-refractivity contribution in [3.05, 3.63) is 64.7 Å². The summed E-state index contributed by atoms with van der Waals surface area (Å²) in [6, 6.07) is 10.7. The van der Waals surface area contributed by atoms with E-state index < -0.39 is 4.92 Å². The molecule has 0 spiro atoms. The third-order valence-corrected chi connectivity index (χ3v) is 3.87. The highest BCUT2D eigenvalue weighted by atomic mass is 16.6. The highest BCUT2D eigenvalue weighted by Gasteiger charge is 2.21. The first kappa shape index (κ1) is 15.9. The van der Waals surface area contributed by atoms with Crippen molar-refractivity contribution in [2.24, 2.45) is 0 Å². The third kappa shape index (κ3) is 2.68. The molecule has 0 aliphatic heterocycles. The first-order valence-corrected chi connectivity index (χ1v) is 7.61. The normalized spacial score (nSPS) is 10.9. The summed E-state index contributed by atoms with van der Waals surface area (Å²) >= 11 is 0. The summed E-state index contributed by atoms with van der Waals surface area (Å²) in [6.45, 7) is 3.97. The highest BCUT2D eigenvalue weighted by molar-refractivity contribution is 6.12. The third-order valence-electron chi connectivity index (χ3n) is 3.87. The predicted octanol–water partition coefficient (Wildman–Crippen LogP) is 3.43.